The number of hydrogen-bond acceptors (Lipinski definition) is 6. The Morgan fingerprint density at radius 3 is 2.61 bits per heavy atom. The van der Waals surface area contributed by atoms with Gasteiger partial charge in [-0.25, -0.2) is 4.98 Å². The Morgan fingerprint density at radius 2 is 1.89 bits per heavy atom. The third-order valence-corrected chi connectivity index (χ3v) is 5.97. The van der Waals surface area contributed by atoms with E-state index in [-0.39, 0.29) is 11.3 Å². The lowest BCUT2D eigenvalue weighted by Gasteiger charge is -2.26. The number of H-pyrrole nitrogens is 1. The number of hydrogen-bond donors (Lipinski definition) is 1. The average molecular weight is 399 g/mol. The highest BCUT2D eigenvalue weighted by Crippen LogP contribution is 2.49. The van der Waals surface area contributed by atoms with Gasteiger partial charge >= 0.3 is 0 Å². The SMILES string of the molecule is COc1ccc(C2SCC(=O)N2Cc2nc3ccccc3[nH]2)c(OC)c1OC. The van der Waals surface area contributed by atoms with E-state index in [9.17, 15) is 4.79 Å². The Hall–Kier alpha value is -2.87. The van der Waals surface area contributed by atoms with Crippen molar-refractivity contribution in [2.45, 2.75) is 11.9 Å². The highest BCUT2D eigenvalue weighted by molar-refractivity contribution is 8.00. The fourth-order valence-corrected chi connectivity index (χ4v) is 4.65. The molecular formula is C20H21N3O4S. The monoisotopic (exact) mass is 399 g/mol. The van der Waals surface area contributed by atoms with Crippen molar-refractivity contribution in [3.05, 3.63) is 47.8 Å². The molecule has 146 valence electrons. The number of aromatic nitrogens is 2. The molecule has 1 aliphatic heterocycles. The third-order valence-electron chi connectivity index (χ3n) is 4.73. The highest BCUT2D eigenvalue weighted by atomic mass is 32.2. The van der Waals surface area contributed by atoms with Crippen LogP contribution >= 0.6 is 11.8 Å². The molecule has 7 nitrogen and oxygen atoms in total. The summed E-state index contributed by atoms with van der Waals surface area (Å²) in [5.74, 6) is 2.90. The first-order chi connectivity index (χ1) is 13.7. The Morgan fingerprint density at radius 1 is 1.11 bits per heavy atom. The number of fused-ring (bicyclic) bond motifs is 1. The summed E-state index contributed by atoms with van der Waals surface area (Å²) in [7, 11) is 4.74. The number of amides is 1. The molecule has 0 bridgehead atoms. The summed E-state index contributed by atoms with van der Waals surface area (Å²) < 4.78 is 16.5. The molecule has 0 saturated carbocycles. The first kappa shape index (κ1) is 18.5. The fraction of sp³-hybridized carbons (Fsp3) is 0.300. The lowest BCUT2D eigenvalue weighted by atomic mass is 10.1. The molecule has 2 aromatic carbocycles. The lowest BCUT2D eigenvalue weighted by molar-refractivity contribution is -0.128. The minimum absolute atomic E-state index is 0.0623. The summed E-state index contributed by atoms with van der Waals surface area (Å²) in [6.45, 7) is 0.392. The van der Waals surface area contributed by atoms with Gasteiger partial charge in [0, 0.05) is 5.56 Å². The van der Waals surface area contributed by atoms with E-state index in [1.807, 2.05) is 41.3 Å². The van der Waals surface area contributed by atoms with Crippen molar-refractivity contribution in [2.24, 2.45) is 0 Å². The second-order valence-corrected chi connectivity index (χ2v) is 7.38. The Bertz CT molecular complexity index is 987. The minimum Gasteiger partial charge on any atom is -0.493 e. The van der Waals surface area contributed by atoms with Crippen molar-refractivity contribution >= 4 is 28.7 Å². The Kier molecular flexibility index (Phi) is 5.04. The number of benzene rings is 2. The summed E-state index contributed by atoms with van der Waals surface area (Å²) in [4.78, 5) is 22.3. The van der Waals surface area contributed by atoms with Gasteiger partial charge in [0.25, 0.3) is 0 Å². The highest BCUT2D eigenvalue weighted by Gasteiger charge is 2.36. The summed E-state index contributed by atoms with van der Waals surface area (Å²) in [5.41, 5.74) is 2.71. The van der Waals surface area contributed by atoms with Gasteiger partial charge in [-0.1, -0.05) is 12.1 Å². The summed E-state index contributed by atoms with van der Waals surface area (Å²) in [6, 6.07) is 11.6. The van der Waals surface area contributed by atoms with Crippen LogP contribution in [0, 0.1) is 0 Å². The van der Waals surface area contributed by atoms with E-state index >= 15 is 0 Å². The van der Waals surface area contributed by atoms with Gasteiger partial charge in [0.2, 0.25) is 11.7 Å². The van der Waals surface area contributed by atoms with Crippen molar-refractivity contribution in [2.75, 3.05) is 27.1 Å². The van der Waals surface area contributed by atoms with Crippen LogP contribution in [0.15, 0.2) is 36.4 Å². The molecule has 1 aromatic heterocycles. The molecule has 1 amide bonds. The van der Waals surface area contributed by atoms with Crippen molar-refractivity contribution in [3.63, 3.8) is 0 Å². The number of carbonyl (C=O) groups excluding carboxylic acids is 1. The number of para-hydroxylation sites is 2. The molecule has 1 N–H and O–H groups in total. The molecule has 0 radical (unpaired) electrons. The number of nitrogens with zero attached hydrogens (tertiary/aromatic N) is 2. The van der Waals surface area contributed by atoms with Crippen LogP contribution in [0.4, 0.5) is 0 Å². The Labute approximate surface area is 167 Å². The van der Waals surface area contributed by atoms with E-state index in [4.69, 9.17) is 14.2 Å². The number of ether oxygens (including phenoxy) is 3. The first-order valence-corrected chi connectivity index (χ1v) is 9.84. The molecule has 4 rings (SSSR count). The molecule has 1 saturated heterocycles. The second-order valence-electron chi connectivity index (χ2n) is 6.31. The van der Waals surface area contributed by atoms with Crippen LogP contribution in [-0.4, -0.2) is 47.9 Å². The van der Waals surface area contributed by atoms with Crippen molar-refractivity contribution in [1.82, 2.24) is 14.9 Å². The van der Waals surface area contributed by atoms with Gasteiger partial charge in [-0.2, -0.15) is 0 Å². The van der Waals surface area contributed by atoms with Gasteiger partial charge < -0.3 is 24.1 Å². The van der Waals surface area contributed by atoms with Crippen LogP contribution in [0.2, 0.25) is 0 Å². The van der Waals surface area contributed by atoms with Crippen molar-refractivity contribution < 1.29 is 19.0 Å². The standard InChI is InChI=1S/C20H21N3O4S/c1-25-15-9-8-12(18(26-2)19(15)27-3)20-23(17(24)11-28-20)10-16-21-13-6-4-5-7-14(13)22-16/h4-9,20H,10-11H2,1-3H3,(H,21,22). The molecule has 28 heavy (non-hydrogen) atoms. The van der Waals surface area contributed by atoms with Gasteiger partial charge in [-0.15, -0.1) is 11.8 Å². The van der Waals surface area contributed by atoms with Gasteiger partial charge in [-0.05, 0) is 24.3 Å². The zero-order valence-electron chi connectivity index (χ0n) is 15.9. The molecule has 1 aliphatic rings. The largest absolute Gasteiger partial charge is 0.493 e. The van der Waals surface area contributed by atoms with Crippen molar-refractivity contribution in [1.29, 1.82) is 0 Å². The zero-order valence-corrected chi connectivity index (χ0v) is 16.7. The number of nitrogens with one attached hydrogen (secondary N) is 1. The van der Waals surface area contributed by atoms with E-state index in [2.05, 4.69) is 9.97 Å². The van der Waals surface area contributed by atoms with E-state index < -0.39 is 0 Å². The van der Waals surface area contributed by atoms with Crippen LogP contribution < -0.4 is 14.2 Å². The van der Waals surface area contributed by atoms with E-state index in [0.717, 1.165) is 22.4 Å². The molecule has 2 heterocycles. The molecule has 1 unspecified atom stereocenters. The maximum Gasteiger partial charge on any atom is 0.234 e. The summed E-state index contributed by atoms with van der Waals surface area (Å²) >= 11 is 1.56. The normalized spacial score (nSPS) is 16.6. The Balaban J connectivity index is 1.70. The number of rotatable bonds is 6. The summed E-state index contributed by atoms with van der Waals surface area (Å²) in [5, 5.41) is -0.199. The first-order valence-electron chi connectivity index (χ1n) is 8.79. The lowest BCUT2D eigenvalue weighted by Crippen LogP contribution is -2.28. The number of thioether (sulfide) groups is 1. The quantitative estimate of drug-likeness (QED) is 0.685. The summed E-state index contributed by atoms with van der Waals surface area (Å²) in [6.07, 6.45) is 0. The van der Waals surface area contributed by atoms with Crippen molar-refractivity contribution in [3.8, 4) is 17.2 Å². The maximum atomic E-state index is 12.6. The molecule has 1 atom stereocenters. The third kappa shape index (κ3) is 3.13. The van der Waals surface area contributed by atoms with Crippen LogP contribution in [0.5, 0.6) is 17.2 Å². The molecule has 3 aromatic rings. The van der Waals surface area contributed by atoms with E-state index in [1.54, 1.807) is 33.1 Å². The number of carbonyl (C=O) groups is 1. The second kappa shape index (κ2) is 7.63. The van der Waals surface area contributed by atoms with Gasteiger partial charge in [0.05, 0.1) is 44.7 Å². The van der Waals surface area contributed by atoms with Crippen LogP contribution in [-0.2, 0) is 11.3 Å². The minimum atomic E-state index is -0.199. The average Bonchev–Trinajstić information content (AvgIpc) is 3.30. The fourth-order valence-electron chi connectivity index (χ4n) is 3.44. The van der Waals surface area contributed by atoms with E-state index in [0.29, 0.717) is 29.5 Å². The van der Waals surface area contributed by atoms with Crippen LogP contribution in [0.25, 0.3) is 11.0 Å². The van der Waals surface area contributed by atoms with Gasteiger partial charge in [-0.3, -0.25) is 4.79 Å². The molecule has 0 spiro atoms. The van der Waals surface area contributed by atoms with E-state index in [1.165, 1.54) is 0 Å². The number of methoxy groups -OCH3 is 3. The predicted octanol–water partition coefficient (Wildman–Crippen LogP) is 3.36. The predicted molar refractivity (Wildman–Crippen MR) is 108 cm³/mol. The number of aromatic amines is 1. The molecule has 0 aliphatic carbocycles. The smallest absolute Gasteiger partial charge is 0.234 e. The maximum absolute atomic E-state index is 12.6. The van der Waals surface area contributed by atoms with Crippen LogP contribution in [0.1, 0.15) is 16.8 Å². The molecular weight excluding hydrogens is 378 g/mol. The zero-order chi connectivity index (χ0) is 19.7. The van der Waals surface area contributed by atoms with Gasteiger partial charge in [0.1, 0.15) is 11.2 Å². The molecule has 1 fully saturated rings. The van der Waals surface area contributed by atoms with Gasteiger partial charge in [0.15, 0.2) is 11.5 Å². The molecule has 8 heteroatoms. The van der Waals surface area contributed by atoms with Crippen LogP contribution in [0.3, 0.4) is 0 Å². The number of imidazole rings is 1. The topological polar surface area (TPSA) is 76.7 Å².